The molecule has 33 heavy (non-hydrogen) atoms. The van der Waals surface area contributed by atoms with Crippen LogP contribution in [0.5, 0.6) is 0 Å². The van der Waals surface area contributed by atoms with Gasteiger partial charge < -0.3 is 0 Å². The molecule has 0 radical (unpaired) electrons. The molecule has 0 saturated heterocycles. The predicted octanol–water partition coefficient (Wildman–Crippen LogP) is 4.78. The summed E-state index contributed by atoms with van der Waals surface area (Å²) in [7, 11) is 0. The normalized spacial score (nSPS) is 11.5. The van der Waals surface area contributed by atoms with Gasteiger partial charge in [-0.1, -0.05) is 18.2 Å². The van der Waals surface area contributed by atoms with Crippen molar-refractivity contribution in [3.8, 4) is 11.1 Å². The van der Waals surface area contributed by atoms with E-state index in [9.17, 15) is 40.5 Å². The van der Waals surface area contributed by atoms with Crippen LogP contribution in [0.1, 0.15) is 16.7 Å². The number of fused-ring (bicyclic) bond motifs is 3. The van der Waals surface area contributed by atoms with Gasteiger partial charge in [-0.3, -0.25) is 40.5 Å². The minimum Gasteiger partial charge on any atom is -0.258 e. The maximum absolute atomic E-state index is 11.8. The minimum atomic E-state index is -0.891. The van der Waals surface area contributed by atoms with E-state index in [1.807, 2.05) is 0 Å². The average molecular weight is 449 g/mol. The molecule has 0 aliphatic heterocycles. The van der Waals surface area contributed by atoms with Crippen LogP contribution in [0, 0.1) is 47.4 Å². The second-order valence-corrected chi connectivity index (χ2v) is 7.05. The van der Waals surface area contributed by atoms with E-state index in [2.05, 4.69) is 4.99 Å². The molecule has 0 atom stereocenters. The first-order valence-corrected chi connectivity index (χ1v) is 9.19. The molecule has 0 unspecified atom stereocenters. The Balaban J connectivity index is 2.21. The highest BCUT2D eigenvalue weighted by Gasteiger charge is 2.41. The Labute approximate surface area is 183 Å². The standard InChI is InChI=1S/C20H11N5O8/c1-10-4-2-3-5-15(10)21-20-13-6-11(22(26)27)8-16(24(30)31)18(13)19-14(20)7-12(23(28)29)9-17(19)25(32)33/h2-9H,1H3. The minimum absolute atomic E-state index is 0.0760. The third-order valence-corrected chi connectivity index (χ3v) is 5.13. The maximum Gasteiger partial charge on any atom is 0.285 e. The van der Waals surface area contributed by atoms with Gasteiger partial charge in [0, 0.05) is 23.3 Å². The summed E-state index contributed by atoms with van der Waals surface area (Å²) in [6.07, 6.45) is 0. The number of nitrogens with zero attached hydrogens (tertiary/aromatic N) is 5. The number of hydrogen-bond acceptors (Lipinski definition) is 9. The van der Waals surface area contributed by atoms with Crippen molar-refractivity contribution in [2.45, 2.75) is 6.92 Å². The molecule has 0 spiro atoms. The summed E-state index contributed by atoms with van der Waals surface area (Å²) in [5, 5.41) is 46.4. The van der Waals surface area contributed by atoms with E-state index in [4.69, 9.17) is 0 Å². The monoisotopic (exact) mass is 449 g/mol. The molecule has 164 valence electrons. The van der Waals surface area contributed by atoms with Crippen LogP contribution >= 0.6 is 0 Å². The van der Waals surface area contributed by atoms with Crippen LogP contribution in [-0.2, 0) is 0 Å². The van der Waals surface area contributed by atoms with Crippen LogP contribution in [0.4, 0.5) is 28.4 Å². The number of hydrogen-bond donors (Lipinski definition) is 0. The lowest BCUT2D eigenvalue weighted by Gasteiger charge is -2.05. The first kappa shape index (κ1) is 21.2. The van der Waals surface area contributed by atoms with Gasteiger partial charge in [0.25, 0.3) is 22.7 Å². The molecule has 0 N–H and O–H groups in total. The lowest BCUT2D eigenvalue weighted by Crippen LogP contribution is -2.02. The zero-order valence-corrected chi connectivity index (χ0v) is 16.6. The van der Waals surface area contributed by atoms with E-state index in [0.717, 1.165) is 12.1 Å². The number of para-hydroxylation sites is 1. The first-order valence-electron chi connectivity index (χ1n) is 9.19. The van der Waals surface area contributed by atoms with Gasteiger partial charge in [0.15, 0.2) is 0 Å². The molecule has 1 aliphatic rings. The van der Waals surface area contributed by atoms with Crippen molar-refractivity contribution in [3.63, 3.8) is 0 Å². The summed E-state index contributed by atoms with van der Waals surface area (Å²) >= 11 is 0. The molecule has 3 aromatic rings. The number of aryl methyl sites for hydroxylation is 1. The number of benzene rings is 3. The predicted molar refractivity (Wildman–Crippen MR) is 115 cm³/mol. The number of rotatable bonds is 5. The fraction of sp³-hybridized carbons (Fsp3) is 0.0500. The molecule has 1 aliphatic carbocycles. The highest BCUT2D eigenvalue weighted by Crippen LogP contribution is 2.50. The Morgan fingerprint density at radius 3 is 1.52 bits per heavy atom. The molecule has 13 heteroatoms. The zero-order valence-electron chi connectivity index (χ0n) is 16.6. The van der Waals surface area contributed by atoms with Gasteiger partial charge in [0.1, 0.15) is 0 Å². The van der Waals surface area contributed by atoms with Crippen molar-refractivity contribution in [1.29, 1.82) is 0 Å². The number of nitro groups is 4. The van der Waals surface area contributed by atoms with Crippen molar-refractivity contribution in [3.05, 3.63) is 106 Å². The quantitative estimate of drug-likeness (QED) is 0.307. The number of non-ortho nitro benzene ring substituents is 2. The summed E-state index contributed by atoms with van der Waals surface area (Å²) in [4.78, 5) is 47.5. The van der Waals surface area contributed by atoms with E-state index < -0.39 is 42.4 Å². The van der Waals surface area contributed by atoms with Crippen molar-refractivity contribution in [2.24, 2.45) is 4.99 Å². The second kappa shape index (κ2) is 7.56. The molecule has 0 fully saturated rings. The van der Waals surface area contributed by atoms with Crippen LogP contribution in [-0.4, -0.2) is 25.4 Å². The van der Waals surface area contributed by atoms with E-state index in [0.29, 0.717) is 23.4 Å². The third kappa shape index (κ3) is 3.42. The zero-order chi connectivity index (χ0) is 24.0. The van der Waals surface area contributed by atoms with Crippen molar-refractivity contribution >= 4 is 34.1 Å². The van der Waals surface area contributed by atoms with Crippen LogP contribution in [0.2, 0.25) is 0 Å². The van der Waals surface area contributed by atoms with Gasteiger partial charge in [0.2, 0.25) is 0 Å². The molecule has 0 heterocycles. The lowest BCUT2D eigenvalue weighted by atomic mass is 10.0. The van der Waals surface area contributed by atoms with Crippen molar-refractivity contribution in [1.82, 2.24) is 0 Å². The molecular formula is C20H11N5O8. The molecular weight excluding hydrogens is 438 g/mol. The maximum atomic E-state index is 11.8. The van der Waals surface area contributed by atoms with Gasteiger partial charge in [0.05, 0.1) is 54.4 Å². The van der Waals surface area contributed by atoms with Crippen LogP contribution in [0.25, 0.3) is 11.1 Å². The molecule has 0 aromatic heterocycles. The topological polar surface area (TPSA) is 185 Å². The Hall–Kier alpha value is -5.07. The SMILES string of the molecule is Cc1ccccc1N=C1c2cc([N+](=O)[O-])cc([N+](=O)[O-])c2-c2c1cc([N+](=O)[O-])cc2[N+](=O)[O-]. The Bertz CT molecular complexity index is 1360. The van der Waals surface area contributed by atoms with E-state index in [-0.39, 0.29) is 28.0 Å². The Morgan fingerprint density at radius 2 is 1.12 bits per heavy atom. The fourth-order valence-electron chi connectivity index (χ4n) is 3.70. The molecule has 4 rings (SSSR count). The Kier molecular flexibility index (Phi) is 4.85. The smallest absolute Gasteiger partial charge is 0.258 e. The first-order chi connectivity index (χ1) is 15.6. The van der Waals surface area contributed by atoms with E-state index in [1.165, 1.54) is 0 Å². The summed E-state index contributed by atoms with van der Waals surface area (Å²) < 4.78 is 0. The Morgan fingerprint density at radius 1 is 0.667 bits per heavy atom. The summed E-state index contributed by atoms with van der Waals surface area (Å²) in [5.41, 5.74) is -2.45. The van der Waals surface area contributed by atoms with E-state index >= 15 is 0 Å². The summed E-state index contributed by atoms with van der Waals surface area (Å²) in [5.74, 6) is 0. The summed E-state index contributed by atoms with van der Waals surface area (Å²) in [6.45, 7) is 1.72. The van der Waals surface area contributed by atoms with Crippen molar-refractivity contribution in [2.75, 3.05) is 0 Å². The molecule has 13 nitrogen and oxygen atoms in total. The van der Waals surface area contributed by atoms with Crippen LogP contribution < -0.4 is 0 Å². The fourth-order valence-corrected chi connectivity index (χ4v) is 3.70. The van der Waals surface area contributed by atoms with Gasteiger partial charge in [-0.15, -0.1) is 0 Å². The lowest BCUT2D eigenvalue weighted by molar-refractivity contribution is -0.395. The van der Waals surface area contributed by atoms with Gasteiger partial charge in [-0.25, -0.2) is 4.99 Å². The highest BCUT2D eigenvalue weighted by molar-refractivity contribution is 6.28. The van der Waals surface area contributed by atoms with Gasteiger partial charge in [-0.05, 0) is 18.6 Å². The highest BCUT2D eigenvalue weighted by atomic mass is 16.6. The van der Waals surface area contributed by atoms with Crippen LogP contribution in [0.15, 0.2) is 53.5 Å². The van der Waals surface area contributed by atoms with E-state index in [1.54, 1.807) is 31.2 Å². The van der Waals surface area contributed by atoms with Gasteiger partial charge >= 0.3 is 0 Å². The number of aliphatic imine (C=N–C) groups is 1. The largest absolute Gasteiger partial charge is 0.285 e. The van der Waals surface area contributed by atoms with Crippen LogP contribution in [0.3, 0.4) is 0 Å². The van der Waals surface area contributed by atoms with Crippen molar-refractivity contribution < 1.29 is 19.7 Å². The third-order valence-electron chi connectivity index (χ3n) is 5.13. The summed E-state index contributed by atoms with van der Waals surface area (Å²) in [6, 6.07) is 10.2. The number of nitro benzene ring substituents is 4. The molecule has 3 aromatic carbocycles. The second-order valence-electron chi connectivity index (χ2n) is 7.05. The van der Waals surface area contributed by atoms with Gasteiger partial charge in [-0.2, -0.15) is 0 Å². The molecule has 0 amide bonds. The average Bonchev–Trinajstić information content (AvgIpc) is 3.07. The molecule has 0 bridgehead atoms. The molecule has 0 saturated carbocycles.